The van der Waals surface area contributed by atoms with Crippen molar-refractivity contribution >= 4 is 11.9 Å². The van der Waals surface area contributed by atoms with Crippen LogP contribution in [0.5, 0.6) is 0 Å². The normalized spacial score (nSPS) is 18.7. The number of rotatable bonds is 9. The molecule has 0 bridgehead atoms. The van der Waals surface area contributed by atoms with E-state index < -0.39 is 5.97 Å². The molecule has 0 aromatic rings. The molecule has 2 unspecified atom stereocenters. The highest BCUT2D eigenvalue weighted by Gasteiger charge is 2.17. The monoisotopic (exact) mass is 284 g/mol. The summed E-state index contributed by atoms with van der Waals surface area (Å²) >= 11 is 0. The van der Waals surface area contributed by atoms with Crippen LogP contribution in [0, 0.1) is 5.92 Å². The molecule has 0 radical (unpaired) electrons. The van der Waals surface area contributed by atoms with Gasteiger partial charge in [-0.05, 0) is 32.6 Å². The van der Waals surface area contributed by atoms with E-state index in [1.807, 2.05) is 6.92 Å². The number of aliphatic carboxylic acids is 1. The number of nitrogens with one attached hydrogen (secondary N) is 2. The van der Waals surface area contributed by atoms with Gasteiger partial charge in [0.15, 0.2) is 0 Å². The van der Waals surface area contributed by atoms with Gasteiger partial charge in [-0.15, -0.1) is 0 Å². The average Bonchev–Trinajstić information content (AvgIpc) is 2.89. The Balaban J connectivity index is 2.05. The highest BCUT2D eigenvalue weighted by atomic mass is 16.4. The summed E-state index contributed by atoms with van der Waals surface area (Å²) in [6, 6.07) is 0.612. The van der Waals surface area contributed by atoms with E-state index in [2.05, 4.69) is 10.6 Å². The zero-order valence-electron chi connectivity index (χ0n) is 12.7. The third kappa shape index (κ3) is 6.89. The van der Waals surface area contributed by atoms with Crippen molar-refractivity contribution in [2.75, 3.05) is 6.54 Å². The number of carboxylic acid groups (broad SMARTS) is 1. The maximum atomic E-state index is 11.7. The summed E-state index contributed by atoms with van der Waals surface area (Å²) < 4.78 is 0. The highest BCUT2D eigenvalue weighted by molar-refractivity contribution is 5.78. The maximum absolute atomic E-state index is 11.7. The molecule has 0 saturated heterocycles. The first kappa shape index (κ1) is 17.0. The molecule has 1 amide bonds. The summed E-state index contributed by atoms with van der Waals surface area (Å²) in [5.41, 5.74) is 0. The summed E-state index contributed by atoms with van der Waals surface area (Å²) in [4.78, 5) is 22.4. The fraction of sp³-hybridized carbons (Fsp3) is 0.867. The lowest BCUT2D eigenvalue weighted by atomic mass is 10.0. The van der Waals surface area contributed by atoms with E-state index in [9.17, 15) is 9.59 Å². The first-order valence-electron chi connectivity index (χ1n) is 7.74. The molecular formula is C15H28N2O3. The van der Waals surface area contributed by atoms with E-state index in [0.29, 0.717) is 19.0 Å². The highest BCUT2D eigenvalue weighted by Crippen LogP contribution is 2.17. The first-order valence-corrected chi connectivity index (χ1v) is 7.74. The van der Waals surface area contributed by atoms with Gasteiger partial charge in [0.1, 0.15) is 0 Å². The number of carbonyl (C=O) groups excluding carboxylic acids is 1. The number of carbonyl (C=O) groups is 2. The topological polar surface area (TPSA) is 78.4 Å². The van der Waals surface area contributed by atoms with Crippen LogP contribution in [0.3, 0.4) is 0 Å². The van der Waals surface area contributed by atoms with Gasteiger partial charge < -0.3 is 15.7 Å². The minimum absolute atomic E-state index is 0.0719. The molecule has 1 aliphatic carbocycles. The second-order valence-electron chi connectivity index (χ2n) is 6.00. The second kappa shape index (κ2) is 8.95. The van der Waals surface area contributed by atoms with Crippen LogP contribution in [0.1, 0.15) is 58.8 Å². The number of carboxylic acids is 1. The Morgan fingerprint density at radius 3 is 2.45 bits per heavy atom. The summed E-state index contributed by atoms with van der Waals surface area (Å²) in [5, 5.41) is 15.0. The Bertz CT molecular complexity index is 314. The number of amides is 1. The van der Waals surface area contributed by atoms with Gasteiger partial charge in [0, 0.05) is 12.1 Å². The molecule has 20 heavy (non-hydrogen) atoms. The van der Waals surface area contributed by atoms with Gasteiger partial charge in [0.25, 0.3) is 0 Å². The summed E-state index contributed by atoms with van der Waals surface area (Å²) in [6.45, 7) is 4.12. The molecule has 0 aromatic heterocycles. The van der Waals surface area contributed by atoms with E-state index in [-0.39, 0.29) is 17.9 Å². The number of hydrogen-bond donors (Lipinski definition) is 3. The summed E-state index contributed by atoms with van der Waals surface area (Å²) in [5.74, 6) is -0.947. The lowest BCUT2D eigenvalue weighted by molar-refractivity contribution is -0.141. The second-order valence-corrected chi connectivity index (χ2v) is 6.00. The van der Waals surface area contributed by atoms with Crippen LogP contribution in [0.4, 0.5) is 0 Å². The molecule has 116 valence electrons. The number of hydrogen-bond acceptors (Lipinski definition) is 3. The van der Waals surface area contributed by atoms with Crippen LogP contribution in [0.25, 0.3) is 0 Å². The molecular weight excluding hydrogens is 256 g/mol. The van der Waals surface area contributed by atoms with Crippen LogP contribution in [-0.2, 0) is 9.59 Å². The fourth-order valence-corrected chi connectivity index (χ4v) is 2.57. The van der Waals surface area contributed by atoms with Crippen molar-refractivity contribution in [3.05, 3.63) is 0 Å². The first-order chi connectivity index (χ1) is 9.49. The lowest BCUT2D eigenvalue weighted by Gasteiger charge is -2.16. The van der Waals surface area contributed by atoms with E-state index in [4.69, 9.17) is 5.11 Å². The van der Waals surface area contributed by atoms with Crippen molar-refractivity contribution in [2.24, 2.45) is 5.92 Å². The predicted octanol–water partition coefficient (Wildman–Crippen LogP) is 1.91. The lowest BCUT2D eigenvalue weighted by Crippen LogP contribution is -2.41. The van der Waals surface area contributed by atoms with Gasteiger partial charge >= 0.3 is 5.97 Å². The predicted molar refractivity (Wildman–Crippen MR) is 78.5 cm³/mol. The van der Waals surface area contributed by atoms with Gasteiger partial charge in [-0.2, -0.15) is 0 Å². The van der Waals surface area contributed by atoms with Gasteiger partial charge in [-0.1, -0.05) is 26.2 Å². The standard InChI is InChI=1S/C15H28N2O3/c1-11(15(19)20)6-5-7-12(2)16-10-14(18)17-13-8-3-4-9-13/h11-13,16H,3-10H2,1-2H3,(H,17,18)(H,19,20). The molecule has 1 fully saturated rings. The molecule has 2 atom stereocenters. The van der Waals surface area contributed by atoms with Gasteiger partial charge in [0.05, 0.1) is 12.5 Å². The van der Waals surface area contributed by atoms with Gasteiger partial charge in [-0.25, -0.2) is 0 Å². The summed E-state index contributed by atoms with van der Waals surface area (Å²) in [7, 11) is 0. The maximum Gasteiger partial charge on any atom is 0.306 e. The SMILES string of the molecule is CC(CCCC(C)C(=O)O)NCC(=O)NC1CCCC1. The zero-order chi connectivity index (χ0) is 15.0. The van der Waals surface area contributed by atoms with E-state index in [0.717, 1.165) is 25.7 Å². The van der Waals surface area contributed by atoms with Gasteiger partial charge in [-0.3, -0.25) is 9.59 Å². The van der Waals surface area contributed by atoms with Crippen molar-refractivity contribution in [1.82, 2.24) is 10.6 Å². The Morgan fingerprint density at radius 1 is 1.20 bits per heavy atom. The molecule has 3 N–H and O–H groups in total. The van der Waals surface area contributed by atoms with E-state index in [1.165, 1.54) is 12.8 Å². The molecule has 0 aromatic carbocycles. The average molecular weight is 284 g/mol. The molecule has 1 aliphatic rings. The smallest absolute Gasteiger partial charge is 0.306 e. The molecule has 0 heterocycles. The zero-order valence-corrected chi connectivity index (χ0v) is 12.7. The largest absolute Gasteiger partial charge is 0.481 e. The third-order valence-electron chi connectivity index (χ3n) is 4.03. The third-order valence-corrected chi connectivity index (χ3v) is 4.03. The van der Waals surface area contributed by atoms with Crippen molar-refractivity contribution in [2.45, 2.75) is 70.9 Å². The van der Waals surface area contributed by atoms with Crippen molar-refractivity contribution < 1.29 is 14.7 Å². The molecule has 0 aliphatic heterocycles. The van der Waals surface area contributed by atoms with Gasteiger partial charge in [0.2, 0.25) is 5.91 Å². The van der Waals surface area contributed by atoms with Crippen molar-refractivity contribution in [1.29, 1.82) is 0 Å². The Morgan fingerprint density at radius 2 is 1.85 bits per heavy atom. The van der Waals surface area contributed by atoms with Crippen molar-refractivity contribution in [3.8, 4) is 0 Å². The Kier molecular flexibility index (Phi) is 7.59. The summed E-state index contributed by atoms with van der Waals surface area (Å²) in [6.07, 6.45) is 7.10. The van der Waals surface area contributed by atoms with Crippen LogP contribution < -0.4 is 10.6 Å². The van der Waals surface area contributed by atoms with Crippen molar-refractivity contribution in [3.63, 3.8) is 0 Å². The fourth-order valence-electron chi connectivity index (χ4n) is 2.57. The minimum atomic E-state index is -0.735. The van der Waals surface area contributed by atoms with Crippen LogP contribution >= 0.6 is 0 Å². The Hall–Kier alpha value is -1.10. The van der Waals surface area contributed by atoms with E-state index in [1.54, 1.807) is 6.92 Å². The van der Waals surface area contributed by atoms with E-state index >= 15 is 0 Å². The molecule has 1 saturated carbocycles. The molecule has 1 rings (SSSR count). The van der Waals surface area contributed by atoms with Crippen LogP contribution in [0.2, 0.25) is 0 Å². The molecule has 5 nitrogen and oxygen atoms in total. The minimum Gasteiger partial charge on any atom is -0.481 e. The molecule has 0 spiro atoms. The Labute approximate surface area is 121 Å². The van der Waals surface area contributed by atoms with Crippen LogP contribution in [-0.4, -0.2) is 35.6 Å². The van der Waals surface area contributed by atoms with Crippen LogP contribution in [0.15, 0.2) is 0 Å². The quantitative estimate of drug-likeness (QED) is 0.604. The molecule has 5 heteroatoms.